The van der Waals surface area contributed by atoms with Gasteiger partial charge in [-0.15, -0.1) is 22.9 Å². The predicted molar refractivity (Wildman–Crippen MR) is 64.2 cm³/mol. The van der Waals surface area contributed by atoms with Crippen LogP contribution in [0.2, 0.25) is 0 Å². The summed E-state index contributed by atoms with van der Waals surface area (Å²) in [5, 5.41) is 4.80. The van der Waals surface area contributed by atoms with E-state index in [2.05, 4.69) is 22.8 Å². The van der Waals surface area contributed by atoms with Gasteiger partial charge in [-0.25, -0.2) is 0 Å². The van der Waals surface area contributed by atoms with Gasteiger partial charge in [-0.1, -0.05) is 6.07 Å². The molecule has 2 nitrogen and oxygen atoms in total. The molecule has 1 heterocycles. The van der Waals surface area contributed by atoms with Crippen molar-refractivity contribution >= 4 is 40.6 Å². The molecule has 0 radical (unpaired) electrons. The molecule has 0 bridgehead atoms. The van der Waals surface area contributed by atoms with Gasteiger partial charge in [0, 0.05) is 22.9 Å². The number of thioether (sulfide) groups is 1. The Morgan fingerprint density at radius 3 is 3.14 bits per heavy atom. The second-order valence-corrected chi connectivity index (χ2v) is 5.02. The van der Waals surface area contributed by atoms with E-state index in [0.29, 0.717) is 6.54 Å². The number of thiophene rings is 1. The zero-order chi connectivity index (χ0) is 10.2. The second-order valence-electron chi connectivity index (χ2n) is 2.62. The first-order valence-corrected chi connectivity index (χ1v) is 6.82. The van der Waals surface area contributed by atoms with Crippen LogP contribution < -0.4 is 5.32 Å². The first kappa shape index (κ1) is 11.9. The Balaban J connectivity index is 1.97. The number of halogens is 1. The molecule has 1 rings (SSSR count). The van der Waals surface area contributed by atoms with Gasteiger partial charge in [-0.2, -0.15) is 11.8 Å². The minimum absolute atomic E-state index is 0.0512. The van der Waals surface area contributed by atoms with Crippen molar-refractivity contribution in [1.82, 2.24) is 5.32 Å². The quantitative estimate of drug-likeness (QED) is 0.619. The highest BCUT2D eigenvalue weighted by Crippen LogP contribution is 2.16. The third-order valence-electron chi connectivity index (χ3n) is 1.51. The SMILES string of the molecule is O=C(CCl)NCCSCc1cccs1. The zero-order valence-electron chi connectivity index (χ0n) is 7.66. The molecule has 0 aliphatic carbocycles. The third-order valence-corrected chi connectivity index (χ3v) is 3.82. The fraction of sp³-hybridized carbons (Fsp3) is 0.444. The minimum atomic E-state index is -0.0941. The summed E-state index contributed by atoms with van der Waals surface area (Å²) in [5.41, 5.74) is 0. The predicted octanol–water partition coefficient (Wildman–Crippen LogP) is 2.34. The van der Waals surface area contributed by atoms with Crippen LogP contribution in [0.5, 0.6) is 0 Å². The number of alkyl halides is 1. The van der Waals surface area contributed by atoms with E-state index in [4.69, 9.17) is 11.6 Å². The van der Waals surface area contributed by atoms with Crippen molar-refractivity contribution in [2.45, 2.75) is 5.75 Å². The average molecular weight is 250 g/mol. The lowest BCUT2D eigenvalue weighted by atomic mass is 10.5. The maximum atomic E-state index is 10.8. The number of hydrogen-bond donors (Lipinski definition) is 1. The summed E-state index contributed by atoms with van der Waals surface area (Å²) in [5.74, 6) is 1.91. The molecule has 1 N–H and O–H groups in total. The lowest BCUT2D eigenvalue weighted by molar-refractivity contribution is -0.118. The van der Waals surface area contributed by atoms with E-state index in [1.54, 1.807) is 11.3 Å². The molecule has 0 saturated heterocycles. The van der Waals surface area contributed by atoms with Gasteiger partial charge in [0.05, 0.1) is 0 Å². The molecule has 14 heavy (non-hydrogen) atoms. The average Bonchev–Trinajstić information content (AvgIpc) is 2.69. The van der Waals surface area contributed by atoms with Crippen LogP contribution in [0.1, 0.15) is 4.88 Å². The molecule has 1 aromatic heterocycles. The number of carbonyl (C=O) groups is 1. The van der Waals surface area contributed by atoms with Crippen molar-refractivity contribution in [2.75, 3.05) is 18.2 Å². The van der Waals surface area contributed by atoms with E-state index in [1.807, 2.05) is 11.8 Å². The Kier molecular flexibility index (Phi) is 6.07. The first-order valence-electron chi connectivity index (χ1n) is 4.25. The van der Waals surface area contributed by atoms with Crippen molar-refractivity contribution in [1.29, 1.82) is 0 Å². The van der Waals surface area contributed by atoms with E-state index < -0.39 is 0 Å². The molecule has 5 heteroatoms. The zero-order valence-corrected chi connectivity index (χ0v) is 10.1. The van der Waals surface area contributed by atoms with Gasteiger partial charge in [0.2, 0.25) is 5.91 Å². The third kappa shape index (κ3) is 4.88. The van der Waals surface area contributed by atoms with Crippen molar-refractivity contribution in [3.05, 3.63) is 22.4 Å². The van der Waals surface area contributed by atoms with Gasteiger partial charge in [0.1, 0.15) is 5.88 Å². The Labute approximate surface area is 97.0 Å². The van der Waals surface area contributed by atoms with Crippen molar-refractivity contribution < 1.29 is 4.79 Å². The molecule has 0 aliphatic rings. The summed E-state index contributed by atoms with van der Waals surface area (Å²) < 4.78 is 0. The van der Waals surface area contributed by atoms with Crippen LogP contribution in [0.15, 0.2) is 17.5 Å². The number of nitrogens with one attached hydrogen (secondary N) is 1. The molecule has 0 spiro atoms. The van der Waals surface area contributed by atoms with Gasteiger partial charge < -0.3 is 5.32 Å². The topological polar surface area (TPSA) is 29.1 Å². The molecular formula is C9H12ClNOS2. The van der Waals surface area contributed by atoms with E-state index in [1.165, 1.54) is 4.88 Å². The highest BCUT2D eigenvalue weighted by atomic mass is 35.5. The lowest BCUT2D eigenvalue weighted by Gasteiger charge is -2.01. The van der Waals surface area contributed by atoms with Crippen LogP contribution in [0, 0.1) is 0 Å². The smallest absolute Gasteiger partial charge is 0.234 e. The summed E-state index contributed by atoms with van der Waals surface area (Å²) in [4.78, 5) is 12.1. The molecule has 0 aliphatic heterocycles. The molecule has 0 aromatic carbocycles. The van der Waals surface area contributed by atoms with Crippen LogP contribution in [0.3, 0.4) is 0 Å². The minimum Gasteiger partial charge on any atom is -0.354 e. The fourth-order valence-electron chi connectivity index (χ4n) is 0.877. The number of carbonyl (C=O) groups excluding carboxylic acids is 1. The molecule has 0 atom stereocenters. The molecular weight excluding hydrogens is 238 g/mol. The molecule has 78 valence electrons. The van der Waals surface area contributed by atoms with Gasteiger partial charge >= 0.3 is 0 Å². The summed E-state index contributed by atoms with van der Waals surface area (Å²) in [6, 6.07) is 4.17. The highest BCUT2D eigenvalue weighted by molar-refractivity contribution is 7.98. The summed E-state index contributed by atoms with van der Waals surface area (Å²) in [6.07, 6.45) is 0. The number of hydrogen-bond acceptors (Lipinski definition) is 3. The highest BCUT2D eigenvalue weighted by Gasteiger charge is 1.97. The molecule has 0 fully saturated rings. The summed E-state index contributed by atoms with van der Waals surface area (Å²) >= 11 is 8.91. The number of rotatable bonds is 6. The molecule has 1 aromatic rings. The summed E-state index contributed by atoms with van der Waals surface area (Å²) in [6.45, 7) is 0.696. The maximum Gasteiger partial charge on any atom is 0.234 e. The van der Waals surface area contributed by atoms with Crippen molar-refractivity contribution in [2.24, 2.45) is 0 Å². The second kappa shape index (κ2) is 7.15. The molecule has 0 saturated carbocycles. The Morgan fingerprint density at radius 2 is 2.50 bits per heavy atom. The van der Waals surface area contributed by atoms with Gasteiger partial charge in [0.15, 0.2) is 0 Å². The van der Waals surface area contributed by atoms with Crippen molar-refractivity contribution in [3.8, 4) is 0 Å². The van der Waals surface area contributed by atoms with Crippen LogP contribution in [-0.4, -0.2) is 24.1 Å². The monoisotopic (exact) mass is 249 g/mol. The fourth-order valence-corrected chi connectivity index (χ4v) is 2.67. The normalized spacial score (nSPS) is 10.1. The standard InChI is InChI=1S/C9H12ClNOS2/c10-6-9(12)11-3-5-13-7-8-2-1-4-14-8/h1-2,4H,3,5-7H2,(H,11,12). The van der Waals surface area contributed by atoms with Gasteiger partial charge in [-0.05, 0) is 11.4 Å². The molecule has 0 unspecified atom stereocenters. The Hall–Kier alpha value is -0.190. The van der Waals surface area contributed by atoms with E-state index in [-0.39, 0.29) is 11.8 Å². The van der Waals surface area contributed by atoms with Crippen LogP contribution >= 0.6 is 34.7 Å². The molecule has 1 amide bonds. The Morgan fingerprint density at radius 1 is 1.64 bits per heavy atom. The van der Waals surface area contributed by atoms with E-state index >= 15 is 0 Å². The van der Waals surface area contributed by atoms with E-state index in [0.717, 1.165) is 11.5 Å². The van der Waals surface area contributed by atoms with Crippen LogP contribution in [0.25, 0.3) is 0 Å². The first-order chi connectivity index (χ1) is 6.83. The number of amides is 1. The largest absolute Gasteiger partial charge is 0.354 e. The maximum absolute atomic E-state index is 10.8. The lowest BCUT2D eigenvalue weighted by Crippen LogP contribution is -2.26. The van der Waals surface area contributed by atoms with Crippen LogP contribution in [0.4, 0.5) is 0 Å². The van der Waals surface area contributed by atoms with Crippen LogP contribution in [-0.2, 0) is 10.5 Å². The summed E-state index contributed by atoms with van der Waals surface area (Å²) in [7, 11) is 0. The van der Waals surface area contributed by atoms with Gasteiger partial charge in [0.25, 0.3) is 0 Å². The van der Waals surface area contributed by atoms with Crippen molar-refractivity contribution in [3.63, 3.8) is 0 Å². The Bertz CT molecular complexity index is 264. The van der Waals surface area contributed by atoms with E-state index in [9.17, 15) is 4.79 Å². The van der Waals surface area contributed by atoms with Gasteiger partial charge in [-0.3, -0.25) is 4.79 Å².